The van der Waals surface area contributed by atoms with Crippen molar-refractivity contribution in [1.29, 1.82) is 0 Å². The highest BCUT2D eigenvalue weighted by Crippen LogP contribution is 2.15. The van der Waals surface area contributed by atoms with E-state index in [2.05, 4.69) is 18.2 Å². The third kappa shape index (κ3) is 3.91. The Bertz CT molecular complexity index is 234. The van der Waals surface area contributed by atoms with Gasteiger partial charge in [0.2, 0.25) is 0 Å². The molecule has 0 radical (unpaired) electrons. The second-order valence-electron chi connectivity index (χ2n) is 3.18. The summed E-state index contributed by atoms with van der Waals surface area (Å²) in [5.41, 5.74) is 4.09. The summed E-state index contributed by atoms with van der Waals surface area (Å²) in [4.78, 5) is 4.20. The zero-order valence-electron chi connectivity index (χ0n) is 8.44. The van der Waals surface area contributed by atoms with Gasteiger partial charge in [-0.2, -0.15) is 0 Å². The van der Waals surface area contributed by atoms with E-state index in [1.807, 2.05) is 33.9 Å². The summed E-state index contributed by atoms with van der Waals surface area (Å²) in [6, 6.07) is 0. The van der Waals surface area contributed by atoms with Gasteiger partial charge in [0.05, 0.1) is 0 Å². The second-order valence-corrected chi connectivity index (χ2v) is 3.18. The van der Waals surface area contributed by atoms with Gasteiger partial charge in [-0.05, 0) is 44.4 Å². The molecule has 12 heavy (non-hydrogen) atoms. The average molecular weight is 163 g/mol. The van der Waals surface area contributed by atoms with Crippen LogP contribution in [0.15, 0.2) is 41.1 Å². The number of rotatable bonds is 3. The Balaban J connectivity index is 4.75. The van der Waals surface area contributed by atoms with Crippen LogP contribution in [0.5, 0.6) is 0 Å². The summed E-state index contributed by atoms with van der Waals surface area (Å²) in [5, 5.41) is 0. The lowest BCUT2D eigenvalue weighted by Crippen LogP contribution is -1.86. The van der Waals surface area contributed by atoms with Crippen molar-refractivity contribution in [1.82, 2.24) is 0 Å². The van der Waals surface area contributed by atoms with E-state index in [-0.39, 0.29) is 0 Å². The van der Waals surface area contributed by atoms with Crippen LogP contribution in [-0.2, 0) is 0 Å². The van der Waals surface area contributed by atoms with Crippen LogP contribution in [0.25, 0.3) is 0 Å². The molecule has 66 valence electrons. The summed E-state index contributed by atoms with van der Waals surface area (Å²) < 4.78 is 0. The van der Waals surface area contributed by atoms with Crippen LogP contribution in [0.1, 0.15) is 27.7 Å². The van der Waals surface area contributed by atoms with Crippen LogP contribution in [0, 0.1) is 0 Å². The maximum absolute atomic E-state index is 4.20. The molecular formula is C11H17N. The smallest absolute Gasteiger partial charge is 0.0344 e. The minimum absolute atomic E-state index is 1.01. The highest BCUT2D eigenvalue weighted by molar-refractivity contribution is 5.79. The van der Waals surface area contributed by atoms with E-state index < -0.39 is 0 Å². The van der Waals surface area contributed by atoms with Crippen molar-refractivity contribution in [3.05, 3.63) is 36.1 Å². The average Bonchev–Trinajstić information content (AvgIpc) is 1.84. The number of aliphatic imine (C=N–C) groups is 1. The van der Waals surface area contributed by atoms with E-state index >= 15 is 0 Å². The largest absolute Gasteiger partial charge is 0.266 e. The maximum atomic E-state index is 4.20. The van der Waals surface area contributed by atoms with Gasteiger partial charge in [0, 0.05) is 11.9 Å². The molecule has 0 aliphatic heterocycles. The first-order chi connectivity index (χ1) is 5.45. The fraction of sp³-hybridized carbons (Fsp3) is 0.364. The van der Waals surface area contributed by atoms with Gasteiger partial charge < -0.3 is 0 Å². The third-order valence-electron chi connectivity index (χ3n) is 1.37. The molecule has 0 N–H and O–H groups in total. The zero-order valence-corrected chi connectivity index (χ0v) is 8.44. The van der Waals surface area contributed by atoms with E-state index in [0.717, 1.165) is 22.4 Å². The minimum atomic E-state index is 1.01. The number of allylic oxidation sites excluding steroid dienone is 3. The first-order valence-electron chi connectivity index (χ1n) is 3.98. The normalized spacial score (nSPS) is 8.67. The van der Waals surface area contributed by atoms with E-state index in [9.17, 15) is 0 Å². The van der Waals surface area contributed by atoms with E-state index in [4.69, 9.17) is 0 Å². The maximum Gasteiger partial charge on any atom is 0.0344 e. The SMILES string of the molecule is C=C(C)C(=CN=C(C)C)C(=C)C. The molecule has 0 bridgehead atoms. The second kappa shape index (κ2) is 4.70. The molecule has 1 nitrogen and oxygen atoms in total. The number of hydrogen-bond donors (Lipinski definition) is 0. The molecule has 0 amide bonds. The molecule has 0 aliphatic carbocycles. The van der Waals surface area contributed by atoms with Gasteiger partial charge in [-0.3, -0.25) is 4.99 Å². The van der Waals surface area contributed by atoms with E-state index in [1.54, 1.807) is 0 Å². The summed E-state index contributed by atoms with van der Waals surface area (Å²) in [7, 11) is 0. The molecule has 0 heterocycles. The molecule has 0 rings (SSSR count). The highest BCUT2D eigenvalue weighted by Gasteiger charge is 1.96. The van der Waals surface area contributed by atoms with E-state index in [0.29, 0.717) is 0 Å². The topological polar surface area (TPSA) is 12.4 Å². The van der Waals surface area contributed by atoms with Gasteiger partial charge in [-0.1, -0.05) is 13.2 Å². The van der Waals surface area contributed by atoms with Crippen LogP contribution in [0.4, 0.5) is 0 Å². The number of hydrogen-bond acceptors (Lipinski definition) is 1. The van der Waals surface area contributed by atoms with Gasteiger partial charge >= 0.3 is 0 Å². The molecule has 0 aromatic carbocycles. The predicted octanol–water partition coefficient (Wildman–Crippen LogP) is 3.50. The molecule has 0 atom stereocenters. The fourth-order valence-electron chi connectivity index (χ4n) is 0.778. The quantitative estimate of drug-likeness (QED) is 0.446. The minimum Gasteiger partial charge on any atom is -0.266 e. The van der Waals surface area contributed by atoms with Crippen LogP contribution in [0.3, 0.4) is 0 Å². The molecule has 0 fully saturated rings. The van der Waals surface area contributed by atoms with Gasteiger partial charge in [0.15, 0.2) is 0 Å². The highest BCUT2D eigenvalue weighted by atomic mass is 14.7. The molecule has 0 aromatic heterocycles. The van der Waals surface area contributed by atoms with Gasteiger partial charge in [0.1, 0.15) is 0 Å². The Labute approximate surface area is 75.2 Å². The Hall–Kier alpha value is -1.11. The van der Waals surface area contributed by atoms with Crippen molar-refractivity contribution in [2.45, 2.75) is 27.7 Å². The molecule has 0 unspecified atom stereocenters. The lowest BCUT2D eigenvalue weighted by Gasteiger charge is -2.03. The third-order valence-corrected chi connectivity index (χ3v) is 1.37. The summed E-state index contributed by atoms with van der Waals surface area (Å²) in [6.07, 6.45) is 1.82. The van der Waals surface area contributed by atoms with Crippen molar-refractivity contribution in [3.63, 3.8) is 0 Å². The summed E-state index contributed by atoms with van der Waals surface area (Å²) in [5.74, 6) is 0. The van der Waals surface area contributed by atoms with Crippen molar-refractivity contribution < 1.29 is 0 Å². The lowest BCUT2D eigenvalue weighted by molar-refractivity contribution is 1.31. The molecule has 0 aliphatic rings. The monoisotopic (exact) mass is 163 g/mol. The van der Waals surface area contributed by atoms with Crippen molar-refractivity contribution in [2.24, 2.45) is 4.99 Å². The predicted molar refractivity (Wildman–Crippen MR) is 56.5 cm³/mol. The van der Waals surface area contributed by atoms with Crippen LogP contribution in [0.2, 0.25) is 0 Å². The van der Waals surface area contributed by atoms with Crippen LogP contribution < -0.4 is 0 Å². The lowest BCUT2D eigenvalue weighted by atomic mass is 10.0. The zero-order chi connectivity index (χ0) is 9.72. The van der Waals surface area contributed by atoms with Crippen LogP contribution in [-0.4, -0.2) is 5.71 Å². The summed E-state index contributed by atoms with van der Waals surface area (Å²) >= 11 is 0. The fourth-order valence-corrected chi connectivity index (χ4v) is 0.778. The first-order valence-corrected chi connectivity index (χ1v) is 3.98. The first kappa shape index (κ1) is 10.9. The van der Waals surface area contributed by atoms with E-state index in [1.165, 1.54) is 0 Å². The van der Waals surface area contributed by atoms with Gasteiger partial charge in [-0.25, -0.2) is 0 Å². The molecule has 0 saturated heterocycles. The molecular weight excluding hydrogens is 146 g/mol. The number of nitrogens with zero attached hydrogens (tertiary/aromatic N) is 1. The van der Waals surface area contributed by atoms with Gasteiger partial charge in [-0.15, -0.1) is 0 Å². The Morgan fingerprint density at radius 1 is 1.00 bits per heavy atom. The standard InChI is InChI=1S/C11H17N/c1-8(2)11(9(3)4)7-12-10(5)6/h7H,1,3H2,2,4-6H3. The van der Waals surface area contributed by atoms with Crippen molar-refractivity contribution in [3.8, 4) is 0 Å². The van der Waals surface area contributed by atoms with Gasteiger partial charge in [0.25, 0.3) is 0 Å². The molecule has 1 heteroatoms. The summed E-state index contributed by atoms with van der Waals surface area (Å²) in [6.45, 7) is 15.6. The van der Waals surface area contributed by atoms with Crippen molar-refractivity contribution >= 4 is 5.71 Å². The van der Waals surface area contributed by atoms with Crippen LogP contribution >= 0.6 is 0 Å². The molecule has 0 aromatic rings. The molecule has 0 saturated carbocycles. The van der Waals surface area contributed by atoms with Crippen molar-refractivity contribution in [2.75, 3.05) is 0 Å². The Morgan fingerprint density at radius 2 is 1.42 bits per heavy atom. The Kier molecular flexibility index (Phi) is 4.27. The Morgan fingerprint density at radius 3 is 1.67 bits per heavy atom. The molecule has 0 spiro atoms.